The summed E-state index contributed by atoms with van der Waals surface area (Å²) in [5.41, 5.74) is -0.417. The van der Waals surface area contributed by atoms with E-state index in [1.54, 1.807) is 44.0 Å². The monoisotopic (exact) mass is 987 g/mol. The van der Waals surface area contributed by atoms with Crippen LogP contribution in [0.1, 0.15) is 117 Å². The van der Waals surface area contributed by atoms with Crippen LogP contribution in [0.5, 0.6) is 0 Å². The van der Waals surface area contributed by atoms with Crippen LogP contribution < -0.4 is 21.3 Å². The largest absolute Gasteiger partial charge is 0.379 e. The Balaban J connectivity index is 1.71. The van der Waals surface area contributed by atoms with E-state index >= 15 is 4.79 Å². The van der Waals surface area contributed by atoms with Crippen LogP contribution in [0.4, 0.5) is 0 Å². The first-order valence-corrected chi connectivity index (χ1v) is 25.4. The van der Waals surface area contributed by atoms with Gasteiger partial charge in [0.05, 0.1) is 13.2 Å². The summed E-state index contributed by atoms with van der Waals surface area (Å²) < 4.78 is 5.51. The fourth-order valence-corrected chi connectivity index (χ4v) is 9.35. The summed E-state index contributed by atoms with van der Waals surface area (Å²) in [5, 5.41) is 12.4. The molecule has 68 heavy (non-hydrogen) atoms. The molecule has 6 atom stereocenters. The van der Waals surface area contributed by atoms with Crippen LogP contribution >= 0.6 is 23.2 Å². The first kappa shape index (κ1) is 56.2. The van der Waals surface area contributed by atoms with Crippen LogP contribution in [-0.2, 0) is 44.7 Å². The number of hydrogen-bond acceptors (Lipinski definition) is 9. The van der Waals surface area contributed by atoms with Crippen molar-refractivity contribution in [3.05, 3.63) is 33.8 Å². The molecule has 378 valence electrons. The van der Waals surface area contributed by atoms with Crippen molar-refractivity contribution < 1.29 is 38.3 Å². The second-order valence-corrected chi connectivity index (χ2v) is 19.9. The molecule has 2 aliphatic heterocycles. The number of unbranched alkanes of at least 4 members (excludes halogenated alkanes) is 1. The number of carbonyl (C=O) groups is 7. The van der Waals surface area contributed by atoms with Gasteiger partial charge in [-0.05, 0) is 114 Å². The zero-order chi connectivity index (χ0) is 50.1. The van der Waals surface area contributed by atoms with Crippen molar-refractivity contribution in [1.29, 1.82) is 0 Å². The molecule has 2 saturated heterocycles. The van der Waals surface area contributed by atoms with E-state index in [1.165, 1.54) is 16.8 Å². The molecule has 1 aromatic carbocycles. The Morgan fingerprint density at radius 3 is 2.24 bits per heavy atom. The molecule has 16 nitrogen and oxygen atoms in total. The van der Waals surface area contributed by atoms with Crippen LogP contribution in [0.2, 0.25) is 10.0 Å². The van der Waals surface area contributed by atoms with E-state index in [9.17, 15) is 28.8 Å². The van der Waals surface area contributed by atoms with Gasteiger partial charge in [0, 0.05) is 56.7 Å². The number of halogens is 2. The third-order valence-corrected chi connectivity index (χ3v) is 14.0. The number of amides is 7. The van der Waals surface area contributed by atoms with E-state index in [4.69, 9.17) is 34.4 Å². The number of rotatable bonds is 19. The summed E-state index contributed by atoms with van der Waals surface area (Å²) in [6.45, 7) is 13.4. The average Bonchev–Trinajstić information content (AvgIpc) is 4.13. The minimum Gasteiger partial charge on any atom is -0.379 e. The zero-order valence-electron chi connectivity index (χ0n) is 41.3. The number of hydrogen-bond donors (Lipinski definition) is 4. The highest BCUT2D eigenvalue weighted by Crippen LogP contribution is 2.45. The Hall–Kier alpha value is -4.43. The third-order valence-electron chi connectivity index (χ3n) is 13.4. The van der Waals surface area contributed by atoms with Crippen LogP contribution in [0.15, 0.2) is 18.2 Å². The second-order valence-electron chi connectivity index (χ2n) is 19.0. The van der Waals surface area contributed by atoms with Gasteiger partial charge < -0.3 is 40.7 Å². The molecule has 0 bridgehead atoms. The molecule has 3 fully saturated rings. The summed E-state index contributed by atoms with van der Waals surface area (Å²) in [7, 11) is 3.15. The molecular weight excluding hydrogens is 912 g/mol. The Bertz CT molecular complexity index is 1950. The SMILES string of the molecule is C#CC1(C(=O)N[C@@H](CC)C(=O)N[C@@H](CCCCN2CCOCC2)C(=O)N(CC)[C@H]2CCCCN(C)C(=O)[C@@H](CCC)NC(=O)[C@H](Cc3cc(Cl)ccc3Cl)N(C)C(=O)[C@H](CC(C)C)NC2=O)CC1. The van der Waals surface area contributed by atoms with Gasteiger partial charge in [-0.25, -0.2) is 0 Å². The molecule has 3 aliphatic rings. The molecule has 1 saturated carbocycles. The maximum absolute atomic E-state index is 15.0. The molecular formula is C50H76Cl2N8O8. The van der Waals surface area contributed by atoms with E-state index in [0.29, 0.717) is 80.3 Å². The first-order chi connectivity index (χ1) is 32.4. The number of morpholine rings is 1. The number of benzene rings is 1. The Labute approximate surface area is 414 Å². The lowest BCUT2D eigenvalue weighted by atomic mass is 9.98. The van der Waals surface area contributed by atoms with Crippen LogP contribution in [-0.4, -0.2) is 157 Å². The normalized spacial score (nSPS) is 23.0. The second kappa shape index (κ2) is 27.1. The molecule has 4 N–H and O–H groups in total. The van der Waals surface area contributed by atoms with Crippen molar-refractivity contribution in [2.75, 3.05) is 60.0 Å². The molecule has 7 amide bonds. The zero-order valence-corrected chi connectivity index (χ0v) is 42.8. The third kappa shape index (κ3) is 15.8. The Morgan fingerprint density at radius 1 is 0.926 bits per heavy atom. The van der Waals surface area contributed by atoms with Crippen molar-refractivity contribution in [3.63, 3.8) is 0 Å². The van der Waals surface area contributed by atoms with E-state index in [2.05, 4.69) is 32.1 Å². The van der Waals surface area contributed by atoms with Crippen molar-refractivity contribution in [2.45, 2.75) is 154 Å². The molecule has 4 rings (SSSR count). The average molecular weight is 988 g/mol. The van der Waals surface area contributed by atoms with E-state index in [-0.39, 0.29) is 50.5 Å². The quantitative estimate of drug-likeness (QED) is 0.116. The summed E-state index contributed by atoms with van der Waals surface area (Å²) >= 11 is 13.0. The highest BCUT2D eigenvalue weighted by atomic mass is 35.5. The summed E-state index contributed by atoms with van der Waals surface area (Å²) in [4.78, 5) is 107. The maximum atomic E-state index is 15.0. The number of nitrogens with zero attached hydrogens (tertiary/aromatic N) is 4. The van der Waals surface area contributed by atoms with E-state index < -0.39 is 77.1 Å². The first-order valence-electron chi connectivity index (χ1n) is 24.7. The lowest BCUT2D eigenvalue weighted by molar-refractivity contribution is -0.146. The summed E-state index contributed by atoms with van der Waals surface area (Å²) in [6, 6.07) is -1.35. The minimum absolute atomic E-state index is 0.0354. The fourth-order valence-electron chi connectivity index (χ4n) is 8.96. The highest BCUT2D eigenvalue weighted by Gasteiger charge is 2.49. The van der Waals surface area contributed by atoms with Gasteiger partial charge >= 0.3 is 0 Å². The van der Waals surface area contributed by atoms with Gasteiger partial charge in [0.2, 0.25) is 41.4 Å². The van der Waals surface area contributed by atoms with Gasteiger partial charge in [0.25, 0.3) is 0 Å². The van der Waals surface area contributed by atoms with Gasteiger partial charge in [-0.15, -0.1) is 6.42 Å². The van der Waals surface area contributed by atoms with Gasteiger partial charge in [-0.1, -0.05) is 63.2 Å². The predicted molar refractivity (Wildman–Crippen MR) is 263 cm³/mol. The van der Waals surface area contributed by atoms with Crippen molar-refractivity contribution in [3.8, 4) is 12.3 Å². The van der Waals surface area contributed by atoms with Crippen molar-refractivity contribution >= 4 is 64.6 Å². The minimum atomic E-state index is -1.16. The molecule has 0 radical (unpaired) electrons. The summed E-state index contributed by atoms with van der Waals surface area (Å²) in [5.74, 6) is -0.878. The van der Waals surface area contributed by atoms with Crippen LogP contribution in [0.25, 0.3) is 0 Å². The predicted octanol–water partition coefficient (Wildman–Crippen LogP) is 4.33. The van der Waals surface area contributed by atoms with Crippen molar-refractivity contribution in [1.82, 2.24) is 40.9 Å². The van der Waals surface area contributed by atoms with Gasteiger partial charge in [0.1, 0.15) is 41.7 Å². The van der Waals surface area contributed by atoms with Gasteiger partial charge in [0.15, 0.2) is 0 Å². The van der Waals surface area contributed by atoms with Gasteiger partial charge in [-0.2, -0.15) is 0 Å². The van der Waals surface area contributed by atoms with Crippen LogP contribution in [0, 0.1) is 23.7 Å². The van der Waals surface area contributed by atoms with E-state index in [0.717, 1.165) is 26.1 Å². The molecule has 0 aromatic heterocycles. The number of likely N-dealkylation sites (N-methyl/N-ethyl adjacent to an activating group) is 3. The standard InChI is InChI=1S/C50H76Cl2N8O8/c1-9-17-38-46(64)57(7)24-15-14-19-41(44(62)55-40(30-33(5)6)47(65)58(8)42(45(63)54-38)32-34-31-35(51)20-21-36(34)52)60(12-4)48(66)39(18-13-16-25-59-26-28-68-29-27-59)53-43(61)37(10-2)56-49(67)50(11-3)22-23-50/h3,20-21,31,33,37-42H,9-10,12-19,22-30,32H2,1-2,4-8H3,(H,53,61)(H,54,63)(H,55,62)(H,56,67)/t37-,38+,39-,40-,41-,42-/m0/s1. The highest BCUT2D eigenvalue weighted by molar-refractivity contribution is 6.33. The molecule has 0 spiro atoms. The maximum Gasteiger partial charge on any atom is 0.245 e. The Kier molecular flexibility index (Phi) is 22.4. The smallest absolute Gasteiger partial charge is 0.245 e. The Morgan fingerprint density at radius 2 is 1.62 bits per heavy atom. The molecule has 1 aliphatic carbocycles. The number of terminal acetylenes is 1. The van der Waals surface area contributed by atoms with Crippen LogP contribution in [0.3, 0.4) is 0 Å². The summed E-state index contributed by atoms with van der Waals surface area (Å²) in [6.07, 6.45) is 10.8. The molecule has 2 heterocycles. The molecule has 1 aromatic rings. The number of carbonyl (C=O) groups excluding carboxylic acids is 7. The molecule has 0 unspecified atom stereocenters. The van der Waals surface area contributed by atoms with Crippen molar-refractivity contribution in [2.24, 2.45) is 11.3 Å². The van der Waals surface area contributed by atoms with Gasteiger partial charge in [-0.3, -0.25) is 38.5 Å². The fraction of sp³-hybridized carbons (Fsp3) is 0.700. The topological polar surface area (TPSA) is 190 Å². The lowest BCUT2D eigenvalue weighted by Crippen LogP contribution is -2.61. The van der Waals surface area contributed by atoms with E-state index in [1.807, 2.05) is 20.8 Å². The number of nitrogens with one attached hydrogen (secondary N) is 4. The number of ether oxygens (including phenoxy) is 1. The molecule has 18 heteroatoms. The lowest BCUT2D eigenvalue weighted by Gasteiger charge is -2.36.